The molecule has 0 aliphatic carbocycles. The van der Waals surface area contributed by atoms with E-state index in [-0.39, 0.29) is 6.04 Å². The molecule has 0 saturated heterocycles. The van der Waals surface area contributed by atoms with Crippen molar-refractivity contribution >= 4 is 11.6 Å². The van der Waals surface area contributed by atoms with Gasteiger partial charge in [0.1, 0.15) is 11.5 Å². The summed E-state index contributed by atoms with van der Waals surface area (Å²) in [5.41, 5.74) is 8.19. The van der Waals surface area contributed by atoms with Crippen LogP contribution in [0.3, 0.4) is 0 Å². The molecular weight excluding hydrogens is 286 g/mol. The third kappa shape index (κ3) is 3.90. The maximum absolute atomic E-state index is 6.33. The lowest BCUT2D eigenvalue weighted by Gasteiger charge is -2.17. The minimum atomic E-state index is -0.293. The number of nitrogens with two attached hydrogens (primary N) is 1. The minimum Gasteiger partial charge on any atom is -0.496 e. The van der Waals surface area contributed by atoms with Crippen LogP contribution in [0.4, 0.5) is 0 Å². The number of rotatable bonds is 6. The van der Waals surface area contributed by atoms with Crippen molar-refractivity contribution in [1.82, 2.24) is 0 Å². The van der Waals surface area contributed by atoms with Gasteiger partial charge in [0.15, 0.2) is 0 Å². The first-order valence-electron chi connectivity index (χ1n) is 6.97. The summed E-state index contributed by atoms with van der Waals surface area (Å²) >= 11 is 6.06. The molecule has 1 unspecified atom stereocenters. The van der Waals surface area contributed by atoms with E-state index in [1.807, 2.05) is 36.4 Å². The molecule has 0 radical (unpaired) electrons. The predicted molar refractivity (Wildman–Crippen MR) is 86.3 cm³/mol. The van der Waals surface area contributed by atoms with Crippen LogP contribution in [0.15, 0.2) is 42.5 Å². The molecule has 3 nitrogen and oxygen atoms in total. The smallest absolute Gasteiger partial charge is 0.124 e. The van der Waals surface area contributed by atoms with E-state index in [2.05, 4.69) is 6.92 Å². The number of ether oxygens (including phenoxy) is 2. The van der Waals surface area contributed by atoms with E-state index in [1.165, 1.54) is 0 Å². The number of halogens is 1. The Hall–Kier alpha value is -1.71. The van der Waals surface area contributed by atoms with Gasteiger partial charge in [-0.25, -0.2) is 0 Å². The summed E-state index contributed by atoms with van der Waals surface area (Å²) in [4.78, 5) is 0. The molecule has 2 N–H and O–H groups in total. The van der Waals surface area contributed by atoms with Crippen LogP contribution in [-0.4, -0.2) is 13.7 Å². The Bertz CT molecular complexity index is 584. The van der Waals surface area contributed by atoms with Crippen molar-refractivity contribution in [2.24, 2.45) is 5.73 Å². The van der Waals surface area contributed by atoms with Crippen LogP contribution in [0.25, 0.3) is 0 Å². The molecule has 0 aromatic heterocycles. The molecule has 0 bridgehead atoms. The van der Waals surface area contributed by atoms with E-state index in [9.17, 15) is 0 Å². The number of benzene rings is 2. The monoisotopic (exact) mass is 305 g/mol. The fourth-order valence-electron chi connectivity index (χ4n) is 2.12. The quantitative estimate of drug-likeness (QED) is 0.870. The fourth-order valence-corrected chi connectivity index (χ4v) is 2.30. The van der Waals surface area contributed by atoms with Crippen molar-refractivity contribution in [1.29, 1.82) is 0 Å². The molecule has 0 aliphatic heterocycles. The first-order chi connectivity index (χ1) is 10.2. The lowest BCUT2D eigenvalue weighted by molar-refractivity contribution is 0.317. The van der Waals surface area contributed by atoms with Gasteiger partial charge in [-0.3, -0.25) is 0 Å². The van der Waals surface area contributed by atoms with Crippen LogP contribution in [-0.2, 0) is 0 Å². The zero-order chi connectivity index (χ0) is 15.2. The molecule has 112 valence electrons. The van der Waals surface area contributed by atoms with E-state index >= 15 is 0 Å². The standard InChI is InChI=1S/C17H20ClNO2/c1-3-10-21-14-7-4-12(5-8-14)17(19)15-11-13(18)6-9-16(15)20-2/h4-9,11,17H,3,10,19H2,1-2H3. The van der Waals surface area contributed by atoms with Crippen molar-refractivity contribution in [3.63, 3.8) is 0 Å². The van der Waals surface area contributed by atoms with E-state index in [4.69, 9.17) is 26.8 Å². The number of hydrogen-bond donors (Lipinski definition) is 1. The second kappa shape index (κ2) is 7.34. The van der Waals surface area contributed by atoms with Crippen LogP contribution >= 0.6 is 11.6 Å². The number of hydrogen-bond acceptors (Lipinski definition) is 3. The average molecular weight is 306 g/mol. The predicted octanol–water partition coefficient (Wildman–Crippen LogP) is 4.19. The van der Waals surface area contributed by atoms with Gasteiger partial charge < -0.3 is 15.2 Å². The van der Waals surface area contributed by atoms with Gasteiger partial charge in [-0.15, -0.1) is 0 Å². The van der Waals surface area contributed by atoms with Gasteiger partial charge in [-0.05, 0) is 42.3 Å². The Kier molecular flexibility index (Phi) is 5.48. The molecule has 1 atom stereocenters. The molecule has 0 heterocycles. The highest BCUT2D eigenvalue weighted by Crippen LogP contribution is 2.31. The second-order valence-electron chi connectivity index (χ2n) is 4.78. The van der Waals surface area contributed by atoms with Gasteiger partial charge in [-0.1, -0.05) is 30.7 Å². The SMILES string of the molecule is CCCOc1ccc(C(N)c2cc(Cl)ccc2OC)cc1. The highest BCUT2D eigenvalue weighted by Gasteiger charge is 2.14. The molecule has 0 amide bonds. The van der Waals surface area contributed by atoms with Crippen LogP contribution in [0.5, 0.6) is 11.5 Å². The molecule has 4 heteroatoms. The van der Waals surface area contributed by atoms with Crippen LogP contribution in [0.2, 0.25) is 5.02 Å². The van der Waals surface area contributed by atoms with Gasteiger partial charge in [-0.2, -0.15) is 0 Å². The molecule has 0 spiro atoms. The molecule has 2 aromatic rings. The Morgan fingerprint density at radius 2 is 1.86 bits per heavy atom. The normalized spacial score (nSPS) is 12.0. The zero-order valence-corrected chi connectivity index (χ0v) is 13.1. The third-order valence-electron chi connectivity index (χ3n) is 3.24. The largest absolute Gasteiger partial charge is 0.496 e. The molecule has 0 aliphatic rings. The number of methoxy groups -OCH3 is 1. The summed E-state index contributed by atoms with van der Waals surface area (Å²) in [5, 5.41) is 0.643. The van der Waals surface area contributed by atoms with E-state index in [0.717, 1.165) is 29.0 Å². The Labute approximate surface area is 130 Å². The lowest BCUT2D eigenvalue weighted by Crippen LogP contribution is -2.13. The third-order valence-corrected chi connectivity index (χ3v) is 3.47. The van der Waals surface area contributed by atoms with Crippen molar-refractivity contribution in [3.05, 3.63) is 58.6 Å². The Morgan fingerprint density at radius 3 is 2.48 bits per heavy atom. The Morgan fingerprint density at radius 1 is 1.14 bits per heavy atom. The van der Waals surface area contributed by atoms with Crippen LogP contribution in [0.1, 0.15) is 30.5 Å². The lowest BCUT2D eigenvalue weighted by atomic mass is 9.98. The maximum Gasteiger partial charge on any atom is 0.124 e. The molecule has 2 aromatic carbocycles. The van der Waals surface area contributed by atoms with E-state index < -0.39 is 0 Å². The summed E-state index contributed by atoms with van der Waals surface area (Å²) in [6, 6.07) is 13.0. The molecular formula is C17H20ClNO2. The highest BCUT2D eigenvalue weighted by atomic mass is 35.5. The minimum absolute atomic E-state index is 0.293. The topological polar surface area (TPSA) is 44.5 Å². The van der Waals surface area contributed by atoms with Crippen molar-refractivity contribution in [2.75, 3.05) is 13.7 Å². The van der Waals surface area contributed by atoms with Crippen molar-refractivity contribution in [3.8, 4) is 11.5 Å². The maximum atomic E-state index is 6.33. The summed E-state index contributed by atoms with van der Waals surface area (Å²) in [6.45, 7) is 2.79. The van der Waals surface area contributed by atoms with E-state index in [0.29, 0.717) is 11.6 Å². The van der Waals surface area contributed by atoms with Gasteiger partial charge in [0.25, 0.3) is 0 Å². The molecule has 21 heavy (non-hydrogen) atoms. The van der Waals surface area contributed by atoms with Gasteiger partial charge >= 0.3 is 0 Å². The summed E-state index contributed by atoms with van der Waals surface area (Å²) in [5.74, 6) is 1.59. The highest BCUT2D eigenvalue weighted by molar-refractivity contribution is 6.30. The van der Waals surface area contributed by atoms with E-state index in [1.54, 1.807) is 13.2 Å². The summed E-state index contributed by atoms with van der Waals surface area (Å²) < 4.78 is 10.9. The van der Waals surface area contributed by atoms with Gasteiger partial charge in [0.2, 0.25) is 0 Å². The van der Waals surface area contributed by atoms with Crippen LogP contribution in [0, 0.1) is 0 Å². The summed E-state index contributed by atoms with van der Waals surface area (Å²) in [7, 11) is 1.63. The first kappa shape index (κ1) is 15.7. The fraction of sp³-hybridized carbons (Fsp3) is 0.294. The molecule has 2 rings (SSSR count). The van der Waals surface area contributed by atoms with Gasteiger partial charge in [0.05, 0.1) is 19.8 Å². The zero-order valence-electron chi connectivity index (χ0n) is 12.3. The first-order valence-corrected chi connectivity index (χ1v) is 7.35. The molecule has 0 fully saturated rings. The average Bonchev–Trinajstić information content (AvgIpc) is 2.52. The Balaban J connectivity index is 2.23. The van der Waals surface area contributed by atoms with Crippen molar-refractivity contribution < 1.29 is 9.47 Å². The molecule has 0 saturated carbocycles. The van der Waals surface area contributed by atoms with Gasteiger partial charge in [0, 0.05) is 10.6 Å². The second-order valence-corrected chi connectivity index (χ2v) is 5.22. The van der Waals surface area contributed by atoms with Crippen LogP contribution < -0.4 is 15.2 Å². The summed E-state index contributed by atoms with van der Waals surface area (Å²) in [6.07, 6.45) is 0.987. The van der Waals surface area contributed by atoms with Crippen molar-refractivity contribution in [2.45, 2.75) is 19.4 Å².